The van der Waals surface area contributed by atoms with Crippen molar-refractivity contribution in [2.45, 2.75) is 45.8 Å². The first-order valence-corrected chi connectivity index (χ1v) is 6.99. The van der Waals surface area contributed by atoms with Gasteiger partial charge in [-0.3, -0.25) is 0 Å². The summed E-state index contributed by atoms with van der Waals surface area (Å²) in [5, 5.41) is 9.61. The van der Waals surface area contributed by atoms with Gasteiger partial charge in [0.05, 0.1) is 17.8 Å². The summed E-state index contributed by atoms with van der Waals surface area (Å²) in [6.45, 7) is 10.0. The Balaban J connectivity index is 2.24. The lowest BCUT2D eigenvalue weighted by Gasteiger charge is -2.32. The summed E-state index contributed by atoms with van der Waals surface area (Å²) in [4.78, 5) is 0. The highest BCUT2D eigenvalue weighted by molar-refractivity contribution is 6.55. The Kier molecular flexibility index (Phi) is 4.10. The highest BCUT2D eigenvalue weighted by Gasteiger charge is 2.52. The Bertz CT molecular complexity index is 487. The van der Waals surface area contributed by atoms with E-state index in [1.54, 1.807) is 0 Å². The number of aliphatic hydroxyl groups is 1. The van der Waals surface area contributed by atoms with Crippen LogP contribution in [0.1, 0.15) is 38.8 Å². The van der Waals surface area contributed by atoms with Gasteiger partial charge in [-0.15, -0.1) is 0 Å². The Morgan fingerprint density at radius 2 is 1.60 bits per heavy atom. The van der Waals surface area contributed by atoms with Crippen LogP contribution in [-0.2, 0) is 9.31 Å². The minimum Gasteiger partial charge on any atom is -0.400 e. The van der Waals surface area contributed by atoms with Crippen LogP contribution in [0.25, 0.3) is 6.08 Å². The molecule has 1 aliphatic rings. The van der Waals surface area contributed by atoms with Gasteiger partial charge in [0.25, 0.3) is 0 Å². The number of benzene rings is 1. The molecule has 0 aromatic heterocycles. The van der Waals surface area contributed by atoms with Crippen molar-refractivity contribution in [3.05, 3.63) is 40.9 Å². The van der Waals surface area contributed by atoms with Crippen molar-refractivity contribution in [3.8, 4) is 0 Å². The maximum Gasteiger partial charge on any atom is 0.492 e. The van der Waals surface area contributed by atoms with Crippen LogP contribution in [0.2, 0.25) is 0 Å². The highest BCUT2D eigenvalue weighted by atomic mass is 16.7. The minimum absolute atomic E-state index is 0.0787. The molecule has 1 aliphatic heterocycles. The first kappa shape index (κ1) is 15.3. The monoisotopic (exact) mass is 274 g/mol. The zero-order chi connectivity index (χ0) is 15.0. The van der Waals surface area contributed by atoms with E-state index in [0.717, 1.165) is 11.0 Å². The molecule has 1 aromatic rings. The van der Waals surface area contributed by atoms with E-state index in [4.69, 9.17) is 9.31 Å². The van der Waals surface area contributed by atoms with Crippen molar-refractivity contribution in [2.24, 2.45) is 0 Å². The molecular formula is C16H23BO3. The molecule has 0 radical (unpaired) electrons. The molecule has 0 bridgehead atoms. The molecule has 1 aromatic carbocycles. The quantitative estimate of drug-likeness (QED) is 0.861. The van der Waals surface area contributed by atoms with Gasteiger partial charge in [-0.25, -0.2) is 0 Å². The normalized spacial score (nSPS) is 21.3. The SMILES string of the molecule is Cc1ccc(C=C(CO)B2OC(C)(C)C(C)(C)O2)cc1. The smallest absolute Gasteiger partial charge is 0.400 e. The molecule has 1 heterocycles. The maximum atomic E-state index is 9.61. The molecule has 1 saturated heterocycles. The predicted octanol–water partition coefficient (Wildman–Crippen LogP) is 3.00. The molecule has 1 N–H and O–H groups in total. The van der Waals surface area contributed by atoms with E-state index in [0.29, 0.717) is 0 Å². The van der Waals surface area contributed by atoms with Gasteiger partial charge in [-0.05, 0) is 45.7 Å². The van der Waals surface area contributed by atoms with Crippen LogP contribution in [0.15, 0.2) is 29.7 Å². The number of aryl methyl sites for hydroxylation is 1. The van der Waals surface area contributed by atoms with Gasteiger partial charge in [0.15, 0.2) is 0 Å². The molecule has 0 spiro atoms. The number of rotatable bonds is 3. The van der Waals surface area contributed by atoms with E-state index in [1.165, 1.54) is 5.56 Å². The van der Waals surface area contributed by atoms with Gasteiger partial charge in [0.2, 0.25) is 0 Å². The van der Waals surface area contributed by atoms with Crippen LogP contribution in [-0.4, -0.2) is 30.0 Å². The molecule has 0 atom stereocenters. The molecule has 0 aliphatic carbocycles. The lowest BCUT2D eigenvalue weighted by atomic mass is 9.77. The molecule has 1 fully saturated rings. The summed E-state index contributed by atoms with van der Waals surface area (Å²) >= 11 is 0. The summed E-state index contributed by atoms with van der Waals surface area (Å²) < 4.78 is 11.9. The van der Waals surface area contributed by atoms with Crippen molar-refractivity contribution in [2.75, 3.05) is 6.61 Å². The summed E-state index contributed by atoms with van der Waals surface area (Å²) in [6, 6.07) is 8.14. The average molecular weight is 274 g/mol. The topological polar surface area (TPSA) is 38.7 Å². The van der Waals surface area contributed by atoms with Gasteiger partial charge in [0, 0.05) is 0 Å². The van der Waals surface area contributed by atoms with E-state index in [2.05, 4.69) is 6.92 Å². The maximum absolute atomic E-state index is 9.61. The first-order valence-electron chi connectivity index (χ1n) is 6.99. The second-order valence-corrected chi connectivity index (χ2v) is 6.38. The molecular weight excluding hydrogens is 251 g/mol. The van der Waals surface area contributed by atoms with E-state index in [-0.39, 0.29) is 17.8 Å². The molecule has 108 valence electrons. The van der Waals surface area contributed by atoms with Gasteiger partial charge in [-0.2, -0.15) is 0 Å². The average Bonchev–Trinajstić information content (AvgIpc) is 2.57. The number of hydrogen-bond acceptors (Lipinski definition) is 3. The van der Waals surface area contributed by atoms with Crippen LogP contribution in [0, 0.1) is 6.92 Å². The third-order valence-electron chi connectivity index (χ3n) is 4.17. The van der Waals surface area contributed by atoms with E-state index in [1.807, 2.05) is 58.0 Å². The van der Waals surface area contributed by atoms with E-state index >= 15 is 0 Å². The zero-order valence-corrected chi connectivity index (χ0v) is 12.9. The molecule has 2 rings (SSSR count). The summed E-state index contributed by atoms with van der Waals surface area (Å²) in [7, 11) is -0.494. The van der Waals surface area contributed by atoms with Gasteiger partial charge in [-0.1, -0.05) is 35.9 Å². The van der Waals surface area contributed by atoms with Crippen molar-refractivity contribution in [1.29, 1.82) is 0 Å². The van der Waals surface area contributed by atoms with Gasteiger partial charge >= 0.3 is 7.12 Å². The van der Waals surface area contributed by atoms with Crippen LogP contribution in [0.5, 0.6) is 0 Å². The fourth-order valence-corrected chi connectivity index (χ4v) is 2.06. The van der Waals surface area contributed by atoms with Crippen LogP contribution in [0.4, 0.5) is 0 Å². The van der Waals surface area contributed by atoms with Gasteiger partial charge in [0.1, 0.15) is 0 Å². The number of aliphatic hydroxyl groups excluding tert-OH is 1. The third-order valence-corrected chi connectivity index (χ3v) is 4.17. The van der Waals surface area contributed by atoms with Crippen molar-refractivity contribution in [3.63, 3.8) is 0 Å². The second kappa shape index (κ2) is 5.36. The molecule has 0 unspecified atom stereocenters. The predicted molar refractivity (Wildman–Crippen MR) is 82.3 cm³/mol. The van der Waals surface area contributed by atoms with Crippen molar-refractivity contribution >= 4 is 13.2 Å². The molecule has 20 heavy (non-hydrogen) atoms. The van der Waals surface area contributed by atoms with Crippen molar-refractivity contribution < 1.29 is 14.4 Å². The third kappa shape index (κ3) is 2.98. The Morgan fingerprint density at radius 1 is 1.10 bits per heavy atom. The zero-order valence-electron chi connectivity index (χ0n) is 12.9. The van der Waals surface area contributed by atoms with E-state index < -0.39 is 7.12 Å². The molecule has 3 nitrogen and oxygen atoms in total. The first-order chi connectivity index (χ1) is 9.25. The van der Waals surface area contributed by atoms with Gasteiger partial charge < -0.3 is 14.4 Å². The Labute approximate surface area is 121 Å². The lowest BCUT2D eigenvalue weighted by Crippen LogP contribution is -2.41. The Hall–Kier alpha value is -1.10. The van der Waals surface area contributed by atoms with Crippen molar-refractivity contribution in [1.82, 2.24) is 0 Å². The number of hydrogen-bond donors (Lipinski definition) is 1. The Morgan fingerprint density at radius 3 is 2.05 bits per heavy atom. The second-order valence-electron chi connectivity index (χ2n) is 6.38. The molecule has 0 saturated carbocycles. The van der Waals surface area contributed by atoms with Crippen LogP contribution in [0.3, 0.4) is 0 Å². The lowest BCUT2D eigenvalue weighted by molar-refractivity contribution is 0.00578. The standard InChI is InChI=1S/C16H23BO3/c1-12-6-8-13(9-7-12)10-14(11-18)17-19-15(2,3)16(4,5)20-17/h6-10,18H,11H2,1-5H3. The minimum atomic E-state index is -0.494. The summed E-state index contributed by atoms with van der Waals surface area (Å²) in [5.41, 5.74) is 2.21. The summed E-state index contributed by atoms with van der Waals surface area (Å²) in [6.07, 6.45) is 1.93. The van der Waals surface area contributed by atoms with Crippen LogP contribution >= 0.6 is 0 Å². The largest absolute Gasteiger partial charge is 0.492 e. The fourth-order valence-electron chi connectivity index (χ4n) is 2.06. The fraction of sp³-hybridized carbons (Fsp3) is 0.500. The molecule has 0 amide bonds. The highest BCUT2D eigenvalue weighted by Crippen LogP contribution is 2.38. The van der Waals surface area contributed by atoms with Crippen LogP contribution < -0.4 is 0 Å². The molecule has 4 heteroatoms. The van der Waals surface area contributed by atoms with E-state index in [9.17, 15) is 5.11 Å². The summed E-state index contributed by atoms with van der Waals surface area (Å²) in [5.74, 6) is 0.